The summed E-state index contributed by atoms with van der Waals surface area (Å²) in [5, 5.41) is 7.20. The molecule has 0 aromatic heterocycles. The molecule has 0 bridgehead atoms. The van der Waals surface area contributed by atoms with Crippen molar-refractivity contribution < 1.29 is 0 Å². The summed E-state index contributed by atoms with van der Waals surface area (Å²) in [4.78, 5) is 0. The second kappa shape index (κ2) is 5.86. The highest BCUT2D eigenvalue weighted by molar-refractivity contribution is 4.78. The topological polar surface area (TPSA) is 24.1 Å². The average molecular weight is 210 g/mol. The SMILES string of the molecule is CC1CCCC(CNCC2CCCN2)C1. The Morgan fingerprint density at radius 1 is 1.13 bits per heavy atom. The summed E-state index contributed by atoms with van der Waals surface area (Å²) < 4.78 is 0. The molecule has 2 nitrogen and oxygen atoms in total. The fourth-order valence-corrected chi connectivity index (χ4v) is 3.14. The maximum Gasteiger partial charge on any atom is 0.0192 e. The molecule has 2 heteroatoms. The Hall–Kier alpha value is -0.0800. The second-order valence-electron chi connectivity index (χ2n) is 5.59. The monoisotopic (exact) mass is 210 g/mol. The van der Waals surface area contributed by atoms with Gasteiger partial charge >= 0.3 is 0 Å². The van der Waals surface area contributed by atoms with E-state index in [1.165, 1.54) is 58.2 Å². The summed E-state index contributed by atoms with van der Waals surface area (Å²) in [6.45, 7) is 6.07. The van der Waals surface area contributed by atoms with Crippen LogP contribution >= 0.6 is 0 Å². The number of nitrogens with one attached hydrogen (secondary N) is 2. The summed E-state index contributed by atoms with van der Waals surface area (Å²) in [5.74, 6) is 1.92. The summed E-state index contributed by atoms with van der Waals surface area (Å²) >= 11 is 0. The third-order valence-electron chi connectivity index (χ3n) is 4.03. The molecule has 3 unspecified atom stereocenters. The molecule has 1 saturated heterocycles. The predicted molar refractivity (Wildman–Crippen MR) is 65.0 cm³/mol. The zero-order valence-corrected chi connectivity index (χ0v) is 10.1. The lowest BCUT2D eigenvalue weighted by atomic mass is 9.82. The zero-order chi connectivity index (χ0) is 10.5. The van der Waals surface area contributed by atoms with Crippen molar-refractivity contribution in [1.82, 2.24) is 10.6 Å². The van der Waals surface area contributed by atoms with Crippen LogP contribution in [0.2, 0.25) is 0 Å². The Labute approximate surface area is 94.2 Å². The highest BCUT2D eigenvalue weighted by Gasteiger charge is 2.19. The van der Waals surface area contributed by atoms with Crippen molar-refractivity contribution in [3.05, 3.63) is 0 Å². The van der Waals surface area contributed by atoms with E-state index >= 15 is 0 Å². The van der Waals surface area contributed by atoms with Crippen molar-refractivity contribution in [2.45, 2.75) is 51.5 Å². The zero-order valence-electron chi connectivity index (χ0n) is 10.1. The van der Waals surface area contributed by atoms with Crippen LogP contribution in [0.5, 0.6) is 0 Å². The van der Waals surface area contributed by atoms with Crippen molar-refractivity contribution in [2.75, 3.05) is 19.6 Å². The Morgan fingerprint density at radius 3 is 2.80 bits per heavy atom. The average Bonchev–Trinajstić information content (AvgIpc) is 2.71. The Balaban J connectivity index is 1.56. The lowest BCUT2D eigenvalue weighted by Crippen LogP contribution is -2.37. The van der Waals surface area contributed by atoms with Gasteiger partial charge in [-0.15, -0.1) is 0 Å². The molecular formula is C13H26N2. The van der Waals surface area contributed by atoms with E-state index in [-0.39, 0.29) is 0 Å². The molecule has 1 heterocycles. The van der Waals surface area contributed by atoms with E-state index in [1.54, 1.807) is 0 Å². The molecule has 2 fully saturated rings. The van der Waals surface area contributed by atoms with Gasteiger partial charge in [0.15, 0.2) is 0 Å². The van der Waals surface area contributed by atoms with Gasteiger partial charge in [-0.25, -0.2) is 0 Å². The molecule has 3 atom stereocenters. The molecule has 2 aliphatic rings. The molecule has 1 aliphatic heterocycles. The molecule has 2 N–H and O–H groups in total. The minimum Gasteiger partial charge on any atom is -0.315 e. The van der Waals surface area contributed by atoms with Crippen LogP contribution in [0.3, 0.4) is 0 Å². The molecule has 0 aromatic carbocycles. The van der Waals surface area contributed by atoms with E-state index in [2.05, 4.69) is 17.6 Å². The van der Waals surface area contributed by atoms with Gasteiger partial charge in [0.05, 0.1) is 0 Å². The fourth-order valence-electron chi connectivity index (χ4n) is 3.14. The first-order valence-corrected chi connectivity index (χ1v) is 6.78. The molecule has 0 spiro atoms. The van der Waals surface area contributed by atoms with Crippen LogP contribution in [-0.2, 0) is 0 Å². The Kier molecular flexibility index (Phi) is 4.45. The predicted octanol–water partition coefficient (Wildman–Crippen LogP) is 2.15. The van der Waals surface area contributed by atoms with Gasteiger partial charge in [0.2, 0.25) is 0 Å². The third-order valence-corrected chi connectivity index (χ3v) is 4.03. The highest BCUT2D eigenvalue weighted by Crippen LogP contribution is 2.27. The van der Waals surface area contributed by atoms with E-state index in [4.69, 9.17) is 0 Å². The third kappa shape index (κ3) is 3.76. The molecule has 1 saturated carbocycles. The van der Waals surface area contributed by atoms with E-state index in [0.717, 1.165) is 17.9 Å². The van der Waals surface area contributed by atoms with E-state index in [1.807, 2.05) is 0 Å². The van der Waals surface area contributed by atoms with Crippen molar-refractivity contribution in [3.8, 4) is 0 Å². The molecule has 2 rings (SSSR count). The molecule has 0 aromatic rings. The number of hydrogen-bond acceptors (Lipinski definition) is 2. The molecule has 0 amide bonds. The maximum atomic E-state index is 3.66. The minimum absolute atomic E-state index is 0.756. The van der Waals surface area contributed by atoms with Crippen LogP contribution < -0.4 is 10.6 Å². The van der Waals surface area contributed by atoms with Crippen molar-refractivity contribution >= 4 is 0 Å². The van der Waals surface area contributed by atoms with E-state index in [0.29, 0.717) is 0 Å². The van der Waals surface area contributed by atoms with Crippen molar-refractivity contribution in [3.63, 3.8) is 0 Å². The number of hydrogen-bond donors (Lipinski definition) is 2. The molecule has 0 radical (unpaired) electrons. The van der Waals surface area contributed by atoms with Crippen LogP contribution in [0.25, 0.3) is 0 Å². The summed E-state index contributed by atoms with van der Waals surface area (Å²) in [7, 11) is 0. The first kappa shape index (κ1) is 11.4. The fraction of sp³-hybridized carbons (Fsp3) is 1.00. The first-order valence-electron chi connectivity index (χ1n) is 6.78. The minimum atomic E-state index is 0.756. The van der Waals surface area contributed by atoms with Gasteiger partial charge in [-0.3, -0.25) is 0 Å². The van der Waals surface area contributed by atoms with Gasteiger partial charge < -0.3 is 10.6 Å². The Bertz CT molecular complexity index is 175. The van der Waals surface area contributed by atoms with Gasteiger partial charge in [0, 0.05) is 12.6 Å². The summed E-state index contributed by atoms with van der Waals surface area (Å²) in [6, 6.07) is 0.756. The first-order chi connectivity index (χ1) is 7.34. The lowest BCUT2D eigenvalue weighted by Gasteiger charge is -2.27. The van der Waals surface area contributed by atoms with Gasteiger partial charge in [-0.05, 0) is 50.6 Å². The molecular weight excluding hydrogens is 184 g/mol. The highest BCUT2D eigenvalue weighted by atomic mass is 15.0. The van der Waals surface area contributed by atoms with Gasteiger partial charge in [-0.1, -0.05) is 19.8 Å². The quantitative estimate of drug-likeness (QED) is 0.743. The van der Waals surface area contributed by atoms with Gasteiger partial charge in [0.1, 0.15) is 0 Å². The molecule has 1 aliphatic carbocycles. The van der Waals surface area contributed by atoms with Crippen LogP contribution in [0.1, 0.15) is 45.4 Å². The summed E-state index contributed by atoms with van der Waals surface area (Å²) in [5.41, 5.74) is 0. The van der Waals surface area contributed by atoms with Crippen LogP contribution in [0, 0.1) is 11.8 Å². The maximum absolute atomic E-state index is 3.66. The standard InChI is InChI=1S/C13H26N2/c1-11-4-2-5-12(8-11)9-14-10-13-6-3-7-15-13/h11-15H,2-10H2,1H3. The van der Waals surface area contributed by atoms with Crippen molar-refractivity contribution in [1.29, 1.82) is 0 Å². The van der Waals surface area contributed by atoms with Crippen LogP contribution in [0.4, 0.5) is 0 Å². The van der Waals surface area contributed by atoms with Crippen LogP contribution in [-0.4, -0.2) is 25.7 Å². The largest absolute Gasteiger partial charge is 0.315 e. The number of rotatable bonds is 4. The smallest absolute Gasteiger partial charge is 0.0192 e. The Morgan fingerprint density at radius 2 is 2.07 bits per heavy atom. The second-order valence-corrected chi connectivity index (χ2v) is 5.59. The molecule has 15 heavy (non-hydrogen) atoms. The molecule has 88 valence electrons. The van der Waals surface area contributed by atoms with E-state index in [9.17, 15) is 0 Å². The lowest BCUT2D eigenvalue weighted by molar-refractivity contribution is 0.272. The van der Waals surface area contributed by atoms with Gasteiger partial charge in [-0.2, -0.15) is 0 Å². The van der Waals surface area contributed by atoms with Gasteiger partial charge in [0.25, 0.3) is 0 Å². The van der Waals surface area contributed by atoms with Crippen LogP contribution in [0.15, 0.2) is 0 Å². The van der Waals surface area contributed by atoms with E-state index < -0.39 is 0 Å². The normalized spacial score (nSPS) is 37.0. The summed E-state index contributed by atoms with van der Waals surface area (Å²) in [6.07, 6.45) is 8.55. The van der Waals surface area contributed by atoms with Crippen molar-refractivity contribution in [2.24, 2.45) is 11.8 Å².